The predicted molar refractivity (Wildman–Crippen MR) is 78.2 cm³/mol. The van der Waals surface area contributed by atoms with Crippen molar-refractivity contribution in [3.63, 3.8) is 0 Å². The van der Waals surface area contributed by atoms with E-state index >= 15 is 0 Å². The molecule has 0 aliphatic carbocycles. The smallest absolute Gasteiger partial charge is 0.159 e. The van der Waals surface area contributed by atoms with Crippen LogP contribution in [0.2, 0.25) is 0 Å². The van der Waals surface area contributed by atoms with Crippen molar-refractivity contribution in [2.45, 2.75) is 32.0 Å². The molecule has 0 saturated carbocycles. The monoisotopic (exact) mass is 286 g/mol. The normalized spacial score (nSPS) is 20.2. The minimum absolute atomic E-state index is 0.0600. The second kappa shape index (κ2) is 6.10. The first kappa shape index (κ1) is 13.8. The highest BCUT2D eigenvalue weighted by Gasteiger charge is 2.38. The molecule has 2 atom stereocenters. The Morgan fingerprint density at radius 2 is 1.86 bits per heavy atom. The fraction of sp³-hybridized carbons (Fsp3) is 0.375. The first-order valence-electron chi connectivity index (χ1n) is 7.16. The zero-order valence-corrected chi connectivity index (χ0v) is 11.9. The number of hydrogen-bond donors (Lipinski definition) is 1. The minimum atomic E-state index is 0.0600. The van der Waals surface area contributed by atoms with Gasteiger partial charge in [0.15, 0.2) is 11.6 Å². The van der Waals surface area contributed by atoms with Gasteiger partial charge in [-0.3, -0.25) is 0 Å². The Morgan fingerprint density at radius 1 is 1.14 bits per heavy atom. The highest BCUT2D eigenvalue weighted by atomic mass is 16.6. The SMILES string of the molecule is CCC[C@@H]1O[C@H]1COc1ccc(-c2ncc(O)cn2)cc1. The third kappa shape index (κ3) is 3.49. The minimum Gasteiger partial charge on any atom is -0.505 e. The lowest BCUT2D eigenvalue weighted by Gasteiger charge is -2.05. The second-order valence-corrected chi connectivity index (χ2v) is 5.10. The Kier molecular flexibility index (Phi) is 4.01. The van der Waals surface area contributed by atoms with Gasteiger partial charge < -0.3 is 14.6 Å². The zero-order valence-electron chi connectivity index (χ0n) is 11.9. The molecule has 0 radical (unpaired) electrons. The molecule has 0 unspecified atom stereocenters. The molecule has 1 N–H and O–H groups in total. The first-order valence-corrected chi connectivity index (χ1v) is 7.16. The van der Waals surface area contributed by atoms with Crippen LogP contribution in [0.1, 0.15) is 19.8 Å². The molecular formula is C16H18N2O3. The lowest BCUT2D eigenvalue weighted by atomic mass is 10.2. The fourth-order valence-electron chi connectivity index (χ4n) is 2.21. The summed E-state index contributed by atoms with van der Waals surface area (Å²) in [6.07, 6.45) is 5.62. The van der Waals surface area contributed by atoms with Crippen LogP contribution in [0.5, 0.6) is 11.5 Å². The van der Waals surface area contributed by atoms with Gasteiger partial charge in [-0.1, -0.05) is 13.3 Å². The average Bonchev–Trinajstić information content (AvgIpc) is 3.25. The maximum Gasteiger partial charge on any atom is 0.159 e. The largest absolute Gasteiger partial charge is 0.505 e. The Bertz CT molecular complexity index is 583. The molecule has 1 aliphatic heterocycles. The van der Waals surface area contributed by atoms with E-state index in [0.29, 0.717) is 18.5 Å². The average molecular weight is 286 g/mol. The van der Waals surface area contributed by atoms with Gasteiger partial charge in [-0.15, -0.1) is 0 Å². The number of hydrogen-bond acceptors (Lipinski definition) is 5. The molecule has 5 nitrogen and oxygen atoms in total. The van der Waals surface area contributed by atoms with Gasteiger partial charge in [-0.05, 0) is 30.7 Å². The van der Waals surface area contributed by atoms with Crippen molar-refractivity contribution in [2.75, 3.05) is 6.61 Å². The van der Waals surface area contributed by atoms with Gasteiger partial charge in [0, 0.05) is 5.56 Å². The zero-order chi connectivity index (χ0) is 14.7. The highest BCUT2D eigenvalue weighted by molar-refractivity contribution is 5.56. The van der Waals surface area contributed by atoms with Gasteiger partial charge >= 0.3 is 0 Å². The van der Waals surface area contributed by atoms with Crippen molar-refractivity contribution < 1.29 is 14.6 Å². The van der Waals surface area contributed by atoms with Gasteiger partial charge in [0.1, 0.15) is 18.5 Å². The standard InChI is InChI=1S/C16H18N2O3/c1-2-3-14-15(21-14)10-20-13-6-4-11(5-7-13)16-17-8-12(19)9-18-16/h4-9,14-15,19H,2-3,10H2,1H3/t14-,15-/m0/s1. The van der Waals surface area contributed by atoms with Gasteiger partial charge in [-0.2, -0.15) is 0 Å². The Balaban J connectivity index is 1.56. The van der Waals surface area contributed by atoms with E-state index in [1.807, 2.05) is 24.3 Å². The van der Waals surface area contributed by atoms with Gasteiger partial charge in [0.2, 0.25) is 0 Å². The van der Waals surface area contributed by atoms with E-state index in [9.17, 15) is 5.11 Å². The highest BCUT2D eigenvalue weighted by Crippen LogP contribution is 2.27. The van der Waals surface area contributed by atoms with E-state index in [1.165, 1.54) is 12.4 Å². The molecule has 110 valence electrons. The van der Waals surface area contributed by atoms with Crippen LogP contribution in [-0.4, -0.2) is 33.9 Å². The summed E-state index contributed by atoms with van der Waals surface area (Å²) in [5.74, 6) is 1.45. The third-order valence-corrected chi connectivity index (χ3v) is 3.43. The third-order valence-electron chi connectivity index (χ3n) is 3.43. The molecule has 0 amide bonds. The van der Waals surface area contributed by atoms with Gasteiger partial charge in [0.25, 0.3) is 0 Å². The first-order chi connectivity index (χ1) is 10.3. The van der Waals surface area contributed by atoms with E-state index in [1.54, 1.807) is 0 Å². The van der Waals surface area contributed by atoms with Crippen LogP contribution in [-0.2, 0) is 4.74 Å². The van der Waals surface area contributed by atoms with Crippen LogP contribution in [0.4, 0.5) is 0 Å². The van der Waals surface area contributed by atoms with E-state index in [4.69, 9.17) is 9.47 Å². The topological polar surface area (TPSA) is 67.8 Å². The summed E-state index contributed by atoms with van der Waals surface area (Å²) in [4.78, 5) is 8.14. The maximum absolute atomic E-state index is 9.18. The molecular weight excluding hydrogens is 268 g/mol. The molecule has 1 aromatic carbocycles. The number of ether oxygens (including phenoxy) is 2. The van der Waals surface area contributed by atoms with E-state index in [0.717, 1.165) is 24.2 Å². The number of nitrogens with zero attached hydrogens (tertiary/aromatic N) is 2. The number of aromatic nitrogens is 2. The molecule has 1 aromatic heterocycles. The Morgan fingerprint density at radius 3 is 2.52 bits per heavy atom. The lowest BCUT2D eigenvalue weighted by Crippen LogP contribution is -2.07. The molecule has 1 aliphatic rings. The summed E-state index contributed by atoms with van der Waals surface area (Å²) in [5, 5.41) is 9.18. The van der Waals surface area contributed by atoms with Crippen molar-refractivity contribution in [2.24, 2.45) is 0 Å². The van der Waals surface area contributed by atoms with E-state index in [-0.39, 0.29) is 11.9 Å². The molecule has 1 fully saturated rings. The Labute approximate surface area is 123 Å². The molecule has 2 heterocycles. The fourth-order valence-corrected chi connectivity index (χ4v) is 2.21. The Hall–Kier alpha value is -2.14. The van der Waals surface area contributed by atoms with Crippen LogP contribution in [0.15, 0.2) is 36.7 Å². The van der Waals surface area contributed by atoms with Crippen molar-refractivity contribution in [3.05, 3.63) is 36.7 Å². The number of epoxide rings is 1. The van der Waals surface area contributed by atoms with Crippen molar-refractivity contribution in [1.82, 2.24) is 9.97 Å². The maximum atomic E-state index is 9.18. The summed E-state index contributed by atoms with van der Waals surface area (Å²) >= 11 is 0. The van der Waals surface area contributed by atoms with Crippen LogP contribution < -0.4 is 4.74 Å². The molecule has 2 aromatic rings. The molecule has 0 spiro atoms. The summed E-state index contributed by atoms with van der Waals surface area (Å²) < 4.78 is 11.2. The van der Waals surface area contributed by atoms with Crippen LogP contribution in [0.3, 0.4) is 0 Å². The summed E-state index contributed by atoms with van der Waals surface area (Å²) in [6, 6.07) is 7.59. The quantitative estimate of drug-likeness (QED) is 0.827. The molecule has 5 heteroatoms. The van der Waals surface area contributed by atoms with E-state index < -0.39 is 0 Å². The van der Waals surface area contributed by atoms with Crippen LogP contribution >= 0.6 is 0 Å². The second-order valence-electron chi connectivity index (χ2n) is 5.10. The summed E-state index contributed by atoms with van der Waals surface area (Å²) in [7, 11) is 0. The predicted octanol–water partition coefficient (Wildman–Crippen LogP) is 2.80. The van der Waals surface area contributed by atoms with Gasteiger partial charge in [-0.25, -0.2) is 9.97 Å². The number of aromatic hydroxyl groups is 1. The molecule has 21 heavy (non-hydrogen) atoms. The summed E-state index contributed by atoms with van der Waals surface area (Å²) in [6.45, 7) is 2.75. The number of rotatable bonds is 6. The molecule has 1 saturated heterocycles. The van der Waals surface area contributed by atoms with Crippen molar-refractivity contribution in [1.29, 1.82) is 0 Å². The summed E-state index contributed by atoms with van der Waals surface area (Å²) in [5.41, 5.74) is 0.883. The number of benzene rings is 1. The lowest BCUT2D eigenvalue weighted by molar-refractivity contribution is 0.259. The molecule has 0 bridgehead atoms. The van der Waals surface area contributed by atoms with Crippen molar-refractivity contribution in [3.8, 4) is 22.9 Å². The van der Waals surface area contributed by atoms with Crippen molar-refractivity contribution >= 4 is 0 Å². The van der Waals surface area contributed by atoms with Crippen LogP contribution in [0.25, 0.3) is 11.4 Å². The van der Waals surface area contributed by atoms with Crippen LogP contribution in [0, 0.1) is 0 Å². The molecule has 3 rings (SSSR count). The van der Waals surface area contributed by atoms with E-state index in [2.05, 4.69) is 16.9 Å². The van der Waals surface area contributed by atoms with Gasteiger partial charge in [0.05, 0.1) is 18.5 Å².